The summed E-state index contributed by atoms with van der Waals surface area (Å²) in [5.74, 6) is 0.941. The third kappa shape index (κ3) is 4.15. The molecule has 0 bridgehead atoms. The van der Waals surface area contributed by atoms with Crippen LogP contribution in [0.3, 0.4) is 0 Å². The Morgan fingerprint density at radius 3 is 1.65 bits per heavy atom. The Kier molecular flexibility index (Phi) is 6.05. The van der Waals surface area contributed by atoms with E-state index in [9.17, 15) is 0 Å². The first-order valence-electron chi connectivity index (χ1n) is 18.6. The third-order valence-electron chi connectivity index (χ3n) is 11.4. The zero-order valence-electron chi connectivity index (χ0n) is 29.2. The average molecular weight is 686 g/mol. The molecule has 0 fully saturated rings. The fourth-order valence-corrected chi connectivity index (χ4v) is 9.04. The predicted molar refractivity (Wildman–Crippen MR) is 226 cm³/mol. The van der Waals surface area contributed by atoms with E-state index in [0.29, 0.717) is 0 Å². The van der Waals surface area contributed by atoms with Crippen molar-refractivity contribution >= 4 is 54.4 Å². The number of fused-ring (bicyclic) bond motifs is 9. The molecule has 3 aromatic heterocycles. The summed E-state index contributed by atoms with van der Waals surface area (Å²) in [7, 11) is 0. The van der Waals surface area contributed by atoms with Gasteiger partial charge >= 0.3 is 0 Å². The number of para-hydroxylation sites is 2. The summed E-state index contributed by atoms with van der Waals surface area (Å²) in [6, 6.07) is 68.4. The van der Waals surface area contributed by atoms with Gasteiger partial charge in [-0.1, -0.05) is 133 Å². The second kappa shape index (κ2) is 11.1. The van der Waals surface area contributed by atoms with Gasteiger partial charge in [0.25, 0.3) is 0 Å². The normalized spacial score (nSPS) is 12.1. The molecule has 11 aromatic rings. The molecule has 3 heteroatoms. The molecule has 250 valence electrons. The lowest BCUT2D eigenvalue weighted by Crippen LogP contribution is -1.98. The number of hydrogen-bond donors (Lipinski definition) is 0. The molecule has 0 amide bonds. The van der Waals surface area contributed by atoms with Crippen LogP contribution in [0.1, 0.15) is 0 Å². The summed E-state index contributed by atoms with van der Waals surface area (Å²) in [6.45, 7) is 0. The van der Waals surface area contributed by atoms with Crippen molar-refractivity contribution in [3.63, 3.8) is 0 Å². The molecule has 0 atom stereocenters. The van der Waals surface area contributed by atoms with Crippen LogP contribution in [-0.4, -0.2) is 14.1 Å². The summed E-state index contributed by atoms with van der Waals surface area (Å²) < 4.78 is 4.75. The number of hydrogen-bond acceptors (Lipinski definition) is 1. The molecule has 0 spiro atoms. The van der Waals surface area contributed by atoms with Crippen LogP contribution in [0.2, 0.25) is 0 Å². The maximum absolute atomic E-state index is 5.41. The van der Waals surface area contributed by atoms with Crippen LogP contribution in [0.5, 0.6) is 0 Å². The second-order valence-corrected chi connectivity index (χ2v) is 14.4. The number of nitrogens with zero attached hydrogens (tertiary/aromatic N) is 3. The maximum atomic E-state index is 5.41. The molecule has 54 heavy (non-hydrogen) atoms. The molecule has 1 aliphatic rings. The zero-order valence-corrected chi connectivity index (χ0v) is 29.2. The molecule has 3 heterocycles. The number of rotatable bonds is 4. The van der Waals surface area contributed by atoms with Gasteiger partial charge in [-0.2, -0.15) is 0 Å². The van der Waals surface area contributed by atoms with Crippen molar-refractivity contribution in [2.45, 2.75) is 0 Å². The van der Waals surface area contributed by atoms with Crippen molar-refractivity contribution in [1.82, 2.24) is 14.1 Å². The van der Waals surface area contributed by atoms with E-state index >= 15 is 0 Å². The van der Waals surface area contributed by atoms with Gasteiger partial charge in [0.2, 0.25) is 0 Å². The minimum Gasteiger partial charge on any atom is -0.309 e. The predicted octanol–water partition coefficient (Wildman–Crippen LogP) is 13.4. The number of aromatic nitrogens is 3. The lowest BCUT2D eigenvalue weighted by molar-refractivity contribution is 1.09. The Labute approximate surface area is 311 Å². The van der Waals surface area contributed by atoms with Crippen molar-refractivity contribution in [1.29, 1.82) is 0 Å². The molecule has 0 saturated heterocycles. The van der Waals surface area contributed by atoms with Crippen molar-refractivity contribution in [3.8, 4) is 56.1 Å². The first-order valence-corrected chi connectivity index (χ1v) is 18.6. The standard InChI is InChI=1S/C51H31N3/c1-2-12-32(13-3-1)33-14-10-16-37(28-33)53-45-22-8-6-18-39(45)43-29-34(24-26-47(43)53)35-25-27-48-44(30-35)40-19-7-9-23-46(40)54(48)49-31-36-15-11-21-41-38-17-4-5-20-42(38)51(52-49)50(36)41/h1-31H. The molecule has 12 rings (SSSR count). The van der Waals surface area contributed by atoms with Crippen LogP contribution in [0.15, 0.2) is 188 Å². The van der Waals surface area contributed by atoms with Gasteiger partial charge < -0.3 is 4.57 Å². The smallest absolute Gasteiger partial charge is 0.138 e. The molecule has 0 aliphatic heterocycles. The van der Waals surface area contributed by atoms with Gasteiger partial charge in [0.1, 0.15) is 5.82 Å². The summed E-state index contributed by atoms with van der Waals surface area (Å²) in [6.07, 6.45) is 0. The highest BCUT2D eigenvalue weighted by atomic mass is 15.1. The Bertz CT molecular complexity index is 3330. The Morgan fingerprint density at radius 2 is 0.889 bits per heavy atom. The van der Waals surface area contributed by atoms with E-state index in [-0.39, 0.29) is 0 Å². The quantitative estimate of drug-likeness (QED) is 0.181. The zero-order chi connectivity index (χ0) is 35.3. The van der Waals surface area contributed by atoms with E-state index in [0.717, 1.165) is 28.2 Å². The summed E-state index contributed by atoms with van der Waals surface area (Å²) >= 11 is 0. The molecular weight excluding hydrogens is 655 g/mol. The molecule has 3 nitrogen and oxygen atoms in total. The monoisotopic (exact) mass is 685 g/mol. The van der Waals surface area contributed by atoms with Crippen LogP contribution in [0, 0.1) is 0 Å². The van der Waals surface area contributed by atoms with Crippen LogP contribution < -0.4 is 0 Å². The molecule has 8 aromatic carbocycles. The molecule has 0 unspecified atom stereocenters. The summed E-state index contributed by atoms with van der Waals surface area (Å²) in [5.41, 5.74) is 15.5. The van der Waals surface area contributed by atoms with Gasteiger partial charge in [-0.05, 0) is 93.4 Å². The second-order valence-electron chi connectivity index (χ2n) is 14.4. The largest absolute Gasteiger partial charge is 0.309 e. The van der Waals surface area contributed by atoms with E-state index in [1.807, 2.05) is 0 Å². The highest BCUT2D eigenvalue weighted by Crippen LogP contribution is 2.47. The molecule has 0 N–H and O–H groups in total. The summed E-state index contributed by atoms with van der Waals surface area (Å²) in [5, 5.41) is 7.39. The van der Waals surface area contributed by atoms with Crippen molar-refractivity contribution in [3.05, 3.63) is 188 Å². The minimum atomic E-state index is 0.941. The molecule has 1 aliphatic carbocycles. The topological polar surface area (TPSA) is 22.8 Å². The van der Waals surface area contributed by atoms with Gasteiger partial charge in [0.05, 0.1) is 27.8 Å². The van der Waals surface area contributed by atoms with E-state index in [4.69, 9.17) is 4.98 Å². The SMILES string of the molecule is c1ccc(-c2cccc(-n3c4ccccc4c4cc(-c5ccc6c(c5)c5ccccc5n6-c5cc6cccc7c6c(n5)-c5ccccc5-7)ccc43)c2)cc1. The van der Waals surface area contributed by atoms with Gasteiger partial charge in [-0.15, -0.1) is 0 Å². The minimum absolute atomic E-state index is 0.941. The number of benzene rings is 8. The Morgan fingerprint density at radius 1 is 0.333 bits per heavy atom. The third-order valence-corrected chi connectivity index (χ3v) is 11.4. The maximum Gasteiger partial charge on any atom is 0.138 e. The highest BCUT2D eigenvalue weighted by Gasteiger charge is 2.24. The van der Waals surface area contributed by atoms with Crippen molar-refractivity contribution in [2.24, 2.45) is 0 Å². The van der Waals surface area contributed by atoms with E-state index in [1.165, 1.54) is 82.3 Å². The fraction of sp³-hybridized carbons (Fsp3) is 0. The van der Waals surface area contributed by atoms with E-state index in [2.05, 4.69) is 197 Å². The molecular formula is C51H31N3. The van der Waals surface area contributed by atoms with Gasteiger partial charge in [-0.25, -0.2) is 4.98 Å². The van der Waals surface area contributed by atoms with Crippen LogP contribution in [0.25, 0.3) is 111 Å². The molecule has 0 radical (unpaired) electrons. The lowest BCUT2D eigenvalue weighted by atomic mass is 10.0. The lowest BCUT2D eigenvalue weighted by Gasteiger charge is -2.11. The average Bonchev–Trinajstić information content (AvgIpc) is 3.87. The van der Waals surface area contributed by atoms with Crippen molar-refractivity contribution < 1.29 is 0 Å². The summed E-state index contributed by atoms with van der Waals surface area (Å²) in [4.78, 5) is 5.41. The Balaban J connectivity index is 1.03. The molecule has 0 saturated carbocycles. The first kappa shape index (κ1) is 29.4. The van der Waals surface area contributed by atoms with Gasteiger partial charge in [-0.3, -0.25) is 4.57 Å². The first-order chi connectivity index (χ1) is 26.8. The van der Waals surface area contributed by atoms with Crippen LogP contribution >= 0.6 is 0 Å². The van der Waals surface area contributed by atoms with Crippen LogP contribution in [0.4, 0.5) is 0 Å². The van der Waals surface area contributed by atoms with Crippen LogP contribution in [-0.2, 0) is 0 Å². The van der Waals surface area contributed by atoms with E-state index < -0.39 is 0 Å². The highest BCUT2D eigenvalue weighted by molar-refractivity contribution is 6.16. The number of pyridine rings is 1. The van der Waals surface area contributed by atoms with Gasteiger partial charge in [0, 0.05) is 38.2 Å². The van der Waals surface area contributed by atoms with Gasteiger partial charge in [0.15, 0.2) is 0 Å². The Hall–Kier alpha value is -7.23. The fourth-order valence-electron chi connectivity index (χ4n) is 9.04. The van der Waals surface area contributed by atoms with E-state index in [1.54, 1.807) is 0 Å². The van der Waals surface area contributed by atoms with Crippen molar-refractivity contribution in [2.75, 3.05) is 0 Å².